The maximum atomic E-state index is 13.2. The fourth-order valence-corrected chi connectivity index (χ4v) is 4.24. The lowest BCUT2D eigenvalue weighted by molar-refractivity contribution is 0.280. The van der Waals surface area contributed by atoms with Crippen molar-refractivity contribution in [1.29, 1.82) is 0 Å². The average molecular weight is 431 g/mol. The SMILES string of the molecule is COc1cccc(C=Cc2nc3sccn3c(=O)c2-c2ccccc2)c1OCC1CC1. The molecule has 2 heterocycles. The van der Waals surface area contributed by atoms with Crippen molar-refractivity contribution in [3.8, 4) is 22.6 Å². The largest absolute Gasteiger partial charge is 0.493 e. The summed E-state index contributed by atoms with van der Waals surface area (Å²) in [6, 6.07) is 15.5. The first-order chi connectivity index (χ1) is 15.2. The van der Waals surface area contributed by atoms with Crippen LogP contribution in [-0.2, 0) is 0 Å². The number of para-hydroxylation sites is 1. The smallest absolute Gasteiger partial charge is 0.266 e. The maximum Gasteiger partial charge on any atom is 0.266 e. The highest BCUT2D eigenvalue weighted by Gasteiger charge is 2.23. The molecule has 1 fully saturated rings. The third-order valence-electron chi connectivity index (χ3n) is 5.37. The highest BCUT2D eigenvalue weighted by atomic mass is 32.1. The van der Waals surface area contributed by atoms with E-state index in [-0.39, 0.29) is 5.56 Å². The van der Waals surface area contributed by atoms with Crippen LogP contribution in [0.15, 0.2) is 64.9 Å². The third-order valence-corrected chi connectivity index (χ3v) is 6.12. The van der Waals surface area contributed by atoms with Gasteiger partial charge in [0.2, 0.25) is 0 Å². The number of ether oxygens (including phenoxy) is 2. The quantitative estimate of drug-likeness (QED) is 0.394. The van der Waals surface area contributed by atoms with Gasteiger partial charge in [-0.1, -0.05) is 42.5 Å². The van der Waals surface area contributed by atoms with E-state index in [0.29, 0.717) is 34.5 Å². The van der Waals surface area contributed by atoms with E-state index in [9.17, 15) is 4.79 Å². The van der Waals surface area contributed by atoms with Gasteiger partial charge in [-0.3, -0.25) is 9.20 Å². The lowest BCUT2D eigenvalue weighted by Gasteiger charge is -2.13. The molecule has 1 saturated carbocycles. The Labute approximate surface area is 184 Å². The molecule has 31 heavy (non-hydrogen) atoms. The Kier molecular flexibility index (Phi) is 5.30. The van der Waals surface area contributed by atoms with Crippen molar-refractivity contribution >= 4 is 28.4 Å². The van der Waals surface area contributed by atoms with Crippen molar-refractivity contribution in [3.05, 3.63) is 81.7 Å². The van der Waals surface area contributed by atoms with Gasteiger partial charge >= 0.3 is 0 Å². The van der Waals surface area contributed by atoms with Crippen LogP contribution in [0.25, 0.3) is 28.2 Å². The van der Waals surface area contributed by atoms with Crippen LogP contribution in [0.3, 0.4) is 0 Å². The number of hydrogen-bond acceptors (Lipinski definition) is 5. The second-order valence-electron chi connectivity index (χ2n) is 7.57. The zero-order valence-corrected chi connectivity index (χ0v) is 18.0. The predicted octanol–water partition coefficient (Wildman–Crippen LogP) is 5.39. The van der Waals surface area contributed by atoms with Crippen LogP contribution in [0.2, 0.25) is 0 Å². The summed E-state index contributed by atoms with van der Waals surface area (Å²) >= 11 is 1.44. The van der Waals surface area contributed by atoms with Crippen molar-refractivity contribution in [2.45, 2.75) is 12.8 Å². The number of nitrogens with zero attached hydrogens (tertiary/aromatic N) is 2. The van der Waals surface area contributed by atoms with Crippen molar-refractivity contribution < 1.29 is 9.47 Å². The van der Waals surface area contributed by atoms with Crippen LogP contribution in [-0.4, -0.2) is 23.1 Å². The molecule has 0 spiro atoms. The zero-order chi connectivity index (χ0) is 21.2. The molecule has 4 aromatic rings. The first-order valence-corrected chi connectivity index (χ1v) is 11.2. The van der Waals surface area contributed by atoms with Crippen LogP contribution in [0.5, 0.6) is 11.5 Å². The number of rotatable bonds is 7. The van der Waals surface area contributed by atoms with Crippen molar-refractivity contribution in [3.63, 3.8) is 0 Å². The van der Waals surface area contributed by atoms with Gasteiger partial charge in [-0.25, -0.2) is 4.98 Å². The Balaban J connectivity index is 1.60. The standard InChI is InChI=1S/C25H22N2O3S/c1-29-21-9-5-8-19(23(21)30-16-17-10-11-17)12-13-20-22(18-6-3-2-4-7-18)24(28)27-14-15-31-25(27)26-20/h2-9,12-15,17H,10-11,16H2,1H3. The minimum absolute atomic E-state index is 0.0760. The number of methoxy groups -OCH3 is 1. The predicted molar refractivity (Wildman–Crippen MR) is 125 cm³/mol. The Morgan fingerprint density at radius 1 is 1.13 bits per heavy atom. The van der Waals surface area contributed by atoms with Gasteiger partial charge in [0.05, 0.1) is 25.0 Å². The molecule has 5 rings (SSSR count). The number of fused-ring (bicyclic) bond motifs is 1. The molecule has 1 aliphatic rings. The Hall–Kier alpha value is -3.38. The Morgan fingerprint density at radius 2 is 1.97 bits per heavy atom. The molecule has 2 aromatic heterocycles. The van der Waals surface area contributed by atoms with Gasteiger partial charge in [-0.05, 0) is 42.5 Å². The highest BCUT2D eigenvalue weighted by Crippen LogP contribution is 2.36. The Bertz CT molecular complexity index is 1300. The van der Waals surface area contributed by atoms with Gasteiger partial charge in [0.25, 0.3) is 5.56 Å². The molecule has 2 aromatic carbocycles. The van der Waals surface area contributed by atoms with Gasteiger partial charge in [-0.2, -0.15) is 0 Å². The monoisotopic (exact) mass is 430 g/mol. The van der Waals surface area contributed by atoms with E-state index in [4.69, 9.17) is 14.5 Å². The van der Waals surface area contributed by atoms with Crippen LogP contribution in [0.1, 0.15) is 24.1 Å². The second-order valence-corrected chi connectivity index (χ2v) is 8.44. The van der Waals surface area contributed by atoms with Crippen molar-refractivity contribution in [1.82, 2.24) is 9.38 Å². The van der Waals surface area contributed by atoms with Crippen LogP contribution < -0.4 is 15.0 Å². The summed E-state index contributed by atoms with van der Waals surface area (Å²) < 4.78 is 13.2. The van der Waals surface area contributed by atoms with Crippen LogP contribution in [0, 0.1) is 5.92 Å². The summed E-state index contributed by atoms with van der Waals surface area (Å²) in [5.74, 6) is 2.06. The van der Waals surface area contributed by atoms with E-state index in [1.807, 2.05) is 66.1 Å². The summed E-state index contributed by atoms with van der Waals surface area (Å²) in [5.41, 5.74) is 2.88. The van der Waals surface area contributed by atoms with Gasteiger partial charge < -0.3 is 9.47 Å². The van der Waals surface area contributed by atoms with E-state index < -0.39 is 0 Å². The first kappa shape index (κ1) is 19.6. The van der Waals surface area contributed by atoms with E-state index in [1.54, 1.807) is 17.7 Å². The van der Waals surface area contributed by atoms with Gasteiger partial charge in [-0.15, -0.1) is 11.3 Å². The average Bonchev–Trinajstić information content (AvgIpc) is 3.51. The van der Waals surface area contributed by atoms with Crippen LogP contribution in [0.4, 0.5) is 0 Å². The molecule has 0 radical (unpaired) electrons. The van der Waals surface area contributed by atoms with E-state index >= 15 is 0 Å². The van der Waals surface area contributed by atoms with E-state index in [1.165, 1.54) is 24.2 Å². The van der Waals surface area contributed by atoms with Gasteiger partial charge in [0.1, 0.15) is 0 Å². The third kappa shape index (κ3) is 3.99. The molecule has 156 valence electrons. The number of hydrogen-bond donors (Lipinski definition) is 0. The highest BCUT2D eigenvalue weighted by molar-refractivity contribution is 7.15. The molecule has 0 atom stereocenters. The number of benzene rings is 2. The summed E-state index contributed by atoms with van der Waals surface area (Å²) in [4.78, 5) is 18.7. The number of thiazole rings is 1. The zero-order valence-electron chi connectivity index (χ0n) is 17.2. The molecule has 0 saturated heterocycles. The van der Waals surface area contributed by atoms with Gasteiger partial charge in [0.15, 0.2) is 16.5 Å². The summed E-state index contributed by atoms with van der Waals surface area (Å²) in [6.45, 7) is 0.692. The number of aromatic nitrogens is 2. The topological polar surface area (TPSA) is 52.8 Å². The Morgan fingerprint density at radius 3 is 2.74 bits per heavy atom. The molecule has 0 amide bonds. The lowest BCUT2D eigenvalue weighted by atomic mass is 10.0. The normalized spacial score (nSPS) is 13.7. The fourth-order valence-electron chi connectivity index (χ4n) is 3.53. The maximum absolute atomic E-state index is 13.2. The molecule has 0 aliphatic heterocycles. The molecule has 0 bridgehead atoms. The fraction of sp³-hybridized carbons (Fsp3) is 0.200. The first-order valence-electron chi connectivity index (χ1n) is 10.3. The van der Waals surface area contributed by atoms with Gasteiger partial charge in [0, 0.05) is 17.1 Å². The lowest BCUT2D eigenvalue weighted by Crippen LogP contribution is -2.16. The van der Waals surface area contributed by atoms with Crippen LogP contribution >= 0.6 is 11.3 Å². The molecule has 0 unspecified atom stereocenters. The molecule has 0 N–H and O–H groups in total. The summed E-state index contributed by atoms with van der Waals surface area (Å²) in [6.07, 6.45) is 8.04. The molecular formula is C25H22N2O3S. The summed E-state index contributed by atoms with van der Waals surface area (Å²) in [5, 5.41) is 1.87. The van der Waals surface area contributed by atoms with Crippen molar-refractivity contribution in [2.75, 3.05) is 13.7 Å². The summed E-state index contributed by atoms with van der Waals surface area (Å²) in [7, 11) is 1.65. The van der Waals surface area contributed by atoms with Crippen molar-refractivity contribution in [2.24, 2.45) is 5.92 Å². The minimum atomic E-state index is -0.0760. The molecule has 5 nitrogen and oxygen atoms in total. The molecule has 6 heteroatoms. The molecule has 1 aliphatic carbocycles. The minimum Gasteiger partial charge on any atom is -0.493 e. The van der Waals surface area contributed by atoms with E-state index in [2.05, 4.69) is 0 Å². The van der Waals surface area contributed by atoms with E-state index in [0.717, 1.165) is 16.9 Å². The second kappa shape index (κ2) is 8.40. The molecular weight excluding hydrogens is 408 g/mol.